The molecule has 2 aromatic carbocycles. The van der Waals surface area contributed by atoms with Gasteiger partial charge in [-0.1, -0.05) is 36.4 Å². The van der Waals surface area contributed by atoms with Gasteiger partial charge in [0.15, 0.2) is 0 Å². The summed E-state index contributed by atoms with van der Waals surface area (Å²) in [6, 6.07) is 18.3. The molecule has 0 spiro atoms. The quantitative estimate of drug-likeness (QED) is 0.518. The van der Waals surface area contributed by atoms with Gasteiger partial charge in [-0.15, -0.1) is 0 Å². The van der Waals surface area contributed by atoms with Crippen molar-refractivity contribution in [2.45, 2.75) is 45.2 Å². The number of aliphatic hydroxyl groups excluding tert-OH is 1. The standard InChI is InChI=1S/C26H29N3O2/c1-17-9-10-19(25(31)28-21-11-12-21)13-22(17)20-14-23(18-7-5-4-6-8-18)24(27-15-20)29-26(2,3)16-30/h4-10,13-15,21,30H,11-12,16H2,1-3H3,(H,27,29)(H,28,31). The van der Waals surface area contributed by atoms with Gasteiger partial charge in [-0.2, -0.15) is 0 Å². The van der Waals surface area contributed by atoms with Gasteiger partial charge in [0.2, 0.25) is 0 Å². The van der Waals surface area contributed by atoms with Crippen molar-refractivity contribution in [2.24, 2.45) is 0 Å². The first kappa shape index (κ1) is 21.1. The normalized spacial score (nSPS) is 13.7. The smallest absolute Gasteiger partial charge is 0.251 e. The fourth-order valence-corrected chi connectivity index (χ4v) is 3.48. The Hall–Kier alpha value is -3.18. The molecular formula is C26H29N3O2. The number of aromatic nitrogens is 1. The van der Waals surface area contributed by atoms with Crippen molar-refractivity contribution in [3.63, 3.8) is 0 Å². The Bertz CT molecular complexity index is 1090. The van der Waals surface area contributed by atoms with Gasteiger partial charge < -0.3 is 15.7 Å². The molecule has 0 unspecified atom stereocenters. The number of hydrogen-bond acceptors (Lipinski definition) is 4. The Labute approximate surface area is 183 Å². The van der Waals surface area contributed by atoms with Crippen molar-refractivity contribution < 1.29 is 9.90 Å². The van der Waals surface area contributed by atoms with Crippen molar-refractivity contribution in [3.05, 3.63) is 71.9 Å². The number of nitrogens with zero attached hydrogens (tertiary/aromatic N) is 1. The summed E-state index contributed by atoms with van der Waals surface area (Å²) in [6.07, 6.45) is 3.95. The lowest BCUT2D eigenvalue weighted by Gasteiger charge is -2.26. The van der Waals surface area contributed by atoms with Crippen LogP contribution in [-0.4, -0.2) is 34.2 Å². The maximum absolute atomic E-state index is 12.6. The Kier molecular flexibility index (Phi) is 5.79. The van der Waals surface area contributed by atoms with Crippen molar-refractivity contribution in [1.29, 1.82) is 0 Å². The van der Waals surface area contributed by atoms with E-state index in [0.29, 0.717) is 17.4 Å². The molecule has 1 aliphatic carbocycles. The number of hydrogen-bond donors (Lipinski definition) is 3. The minimum atomic E-state index is -0.505. The fourth-order valence-electron chi connectivity index (χ4n) is 3.48. The Morgan fingerprint density at radius 1 is 1.06 bits per heavy atom. The van der Waals surface area contributed by atoms with Gasteiger partial charge in [0.25, 0.3) is 5.91 Å². The molecule has 0 aliphatic heterocycles. The number of amides is 1. The summed E-state index contributed by atoms with van der Waals surface area (Å²) in [5.41, 5.74) is 5.16. The largest absolute Gasteiger partial charge is 0.394 e. The molecule has 0 saturated heterocycles. The molecule has 1 saturated carbocycles. The molecule has 0 bridgehead atoms. The van der Waals surface area contributed by atoms with E-state index in [4.69, 9.17) is 4.98 Å². The summed E-state index contributed by atoms with van der Waals surface area (Å²) in [5, 5.41) is 16.1. The highest BCUT2D eigenvalue weighted by Gasteiger charge is 2.24. The lowest BCUT2D eigenvalue weighted by molar-refractivity contribution is 0.0951. The molecule has 0 radical (unpaired) electrons. The third-order valence-corrected chi connectivity index (χ3v) is 5.55. The molecule has 1 aromatic heterocycles. The third kappa shape index (κ3) is 4.94. The molecule has 5 heteroatoms. The predicted octanol–water partition coefficient (Wildman–Crippen LogP) is 4.80. The van der Waals surface area contributed by atoms with Crippen LogP contribution in [0.2, 0.25) is 0 Å². The lowest BCUT2D eigenvalue weighted by atomic mass is 9.95. The van der Waals surface area contributed by atoms with Gasteiger partial charge >= 0.3 is 0 Å². The van der Waals surface area contributed by atoms with Crippen LogP contribution in [0.25, 0.3) is 22.3 Å². The van der Waals surface area contributed by atoms with E-state index in [9.17, 15) is 9.90 Å². The summed E-state index contributed by atoms with van der Waals surface area (Å²) in [7, 11) is 0. The lowest BCUT2D eigenvalue weighted by Crippen LogP contribution is -2.35. The second-order valence-corrected chi connectivity index (χ2v) is 8.93. The first-order chi connectivity index (χ1) is 14.9. The fraction of sp³-hybridized carbons (Fsp3) is 0.308. The molecule has 4 rings (SSSR count). The zero-order valence-corrected chi connectivity index (χ0v) is 18.3. The second-order valence-electron chi connectivity index (χ2n) is 8.93. The van der Waals surface area contributed by atoms with Crippen molar-refractivity contribution in [1.82, 2.24) is 10.3 Å². The van der Waals surface area contributed by atoms with Crippen LogP contribution in [0.15, 0.2) is 60.8 Å². The molecule has 3 aromatic rings. The highest BCUT2D eigenvalue weighted by atomic mass is 16.3. The van der Waals surface area contributed by atoms with Gasteiger partial charge in [-0.25, -0.2) is 4.98 Å². The van der Waals surface area contributed by atoms with E-state index < -0.39 is 5.54 Å². The summed E-state index contributed by atoms with van der Waals surface area (Å²) >= 11 is 0. The van der Waals surface area contributed by atoms with E-state index in [1.54, 1.807) is 0 Å². The molecular weight excluding hydrogens is 386 g/mol. The minimum Gasteiger partial charge on any atom is -0.394 e. The molecule has 0 atom stereocenters. The molecule has 1 aliphatic rings. The summed E-state index contributed by atoms with van der Waals surface area (Å²) < 4.78 is 0. The average Bonchev–Trinajstić information content (AvgIpc) is 3.59. The molecule has 1 fully saturated rings. The zero-order chi connectivity index (χ0) is 22.0. The molecule has 1 amide bonds. The van der Waals surface area contributed by atoms with Crippen LogP contribution >= 0.6 is 0 Å². The van der Waals surface area contributed by atoms with Gasteiger partial charge in [0, 0.05) is 28.9 Å². The van der Waals surface area contributed by atoms with E-state index in [1.165, 1.54) is 0 Å². The topological polar surface area (TPSA) is 74.2 Å². The second kappa shape index (κ2) is 8.52. The number of rotatable bonds is 7. The van der Waals surface area contributed by atoms with E-state index in [0.717, 1.165) is 40.7 Å². The van der Waals surface area contributed by atoms with E-state index >= 15 is 0 Å². The van der Waals surface area contributed by atoms with Gasteiger partial charge in [-0.05, 0) is 68.5 Å². The molecule has 3 N–H and O–H groups in total. The summed E-state index contributed by atoms with van der Waals surface area (Å²) in [5.74, 6) is 0.692. The van der Waals surface area contributed by atoms with Gasteiger partial charge in [0.1, 0.15) is 5.82 Å². The number of benzene rings is 2. The Morgan fingerprint density at radius 3 is 2.48 bits per heavy atom. The molecule has 1 heterocycles. The number of anilines is 1. The van der Waals surface area contributed by atoms with Crippen LogP contribution in [0.5, 0.6) is 0 Å². The SMILES string of the molecule is Cc1ccc(C(=O)NC2CC2)cc1-c1cnc(NC(C)(C)CO)c(-c2ccccc2)c1. The van der Waals surface area contributed by atoms with Crippen LogP contribution in [0, 0.1) is 6.92 Å². The number of carbonyl (C=O) groups excluding carboxylic acids is 1. The molecule has 31 heavy (non-hydrogen) atoms. The number of carbonyl (C=O) groups is 1. The van der Waals surface area contributed by atoms with Crippen LogP contribution < -0.4 is 10.6 Å². The van der Waals surface area contributed by atoms with E-state index in [2.05, 4.69) is 16.7 Å². The summed E-state index contributed by atoms with van der Waals surface area (Å²) in [4.78, 5) is 17.3. The minimum absolute atomic E-state index is 0.0120. The Balaban J connectivity index is 1.76. The molecule has 160 valence electrons. The van der Waals surface area contributed by atoms with E-state index in [1.807, 2.05) is 75.5 Å². The van der Waals surface area contributed by atoms with Crippen LogP contribution in [0.4, 0.5) is 5.82 Å². The van der Waals surface area contributed by atoms with Crippen molar-refractivity contribution >= 4 is 11.7 Å². The van der Waals surface area contributed by atoms with E-state index in [-0.39, 0.29) is 12.5 Å². The van der Waals surface area contributed by atoms with Crippen LogP contribution in [-0.2, 0) is 0 Å². The average molecular weight is 416 g/mol. The number of pyridine rings is 1. The van der Waals surface area contributed by atoms with Gasteiger partial charge in [0.05, 0.1) is 12.1 Å². The highest BCUT2D eigenvalue weighted by molar-refractivity contribution is 5.96. The summed E-state index contributed by atoms with van der Waals surface area (Å²) in [6.45, 7) is 5.90. The highest BCUT2D eigenvalue weighted by Crippen LogP contribution is 2.34. The molecule has 5 nitrogen and oxygen atoms in total. The first-order valence-corrected chi connectivity index (χ1v) is 10.7. The number of aryl methyl sites for hydroxylation is 1. The van der Waals surface area contributed by atoms with Crippen molar-refractivity contribution in [3.8, 4) is 22.3 Å². The number of nitrogens with one attached hydrogen (secondary N) is 2. The maximum Gasteiger partial charge on any atom is 0.251 e. The van der Waals surface area contributed by atoms with Crippen LogP contribution in [0.3, 0.4) is 0 Å². The monoisotopic (exact) mass is 415 g/mol. The number of aliphatic hydroxyl groups is 1. The third-order valence-electron chi connectivity index (χ3n) is 5.55. The predicted molar refractivity (Wildman–Crippen MR) is 125 cm³/mol. The van der Waals surface area contributed by atoms with Gasteiger partial charge in [-0.3, -0.25) is 4.79 Å². The zero-order valence-electron chi connectivity index (χ0n) is 18.3. The first-order valence-electron chi connectivity index (χ1n) is 10.7. The Morgan fingerprint density at radius 2 is 1.81 bits per heavy atom. The maximum atomic E-state index is 12.6. The van der Waals surface area contributed by atoms with Crippen LogP contribution in [0.1, 0.15) is 42.6 Å². The van der Waals surface area contributed by atoms with Crippen molar-refractivity contribution in [2.75, 3.05) is 11.9 Å².